The summed E-state index contributed by atoms with van der Waals surface area (Å²) < 4.78 is 46.6. The molecule has 7 nitrogen and oxygen atoms in total. The van der Waals surface area contributed by atoms with Crippen LogP contribution in [0.4, 0.5) is 4.39 Å². The van der Waals surface area contributed by atoms with Crippen molar-refractivity contribution in [2.45, 2.75) is 13.8 Å². The van der Waals surface area contributed by atoms with Crippen molar-refractivity contribution in [2.24, 2.45) is 0 Å². The second-order valence-electron chi connectivity index (χ2n) is 5.47. The van der Waals surface area contributed by atoms with Crippen molar-refractivity contribution in [3.63, 3.8) is 0 Å². The smallest absolute Gasteiger partial charge is 0.300 e. The van der Waals surface area contributed by atoms with E-state index in [0.717, 1.165) is 22.8 Å². The third-order valence-electron chi connectivity index (χ3n) is 3.41. The maximum Gasteiger partial charge on any atom is 0.394 e. The molecule has 0 saturated heterocycles. The minimum atomic E-state index is -4.67. The molecule has 146 valence electrons. The molecule has 2 N–H and O–H groups in total. The highest BCUT2D eigenvalue weighted by atomic mass is 35.5. The fraction of sp³-hybridized carbons (Fsp3) is 0.111. The van der Waals surface area contributed by atoms with Gasteiger partial charge in [0.2, 0.25) is 0 Å². The normalized spacial score (nSPS) is 10.5. The molecule has 3 aromatic rings. The quantitative estimate of drug-likeness (QED) is 0.353. The van der Waals surface area contributed by atoms with Crippen LogP contribution in [0.15, 0.2) is 42.6 Å². The van der Waals surface area contributed by atoms with Gasteiger partial charge in [0.25, 0.3) is 0 Å². The van der Waals surface area contributed by atoms with Crippen molar-refractivity contribution in [3.05, 3.63) is 76.3 Å². The Morgan fingerprint density at radius 1 is 1.11 bits per heavy atom. The fourth-order valence-corrected chi connectivity index (χ4v) is 2.52. The third kappa shape index (κ3) is 6.44. The predicted molar refractivity (Wildman–Crippen MR) is 102 cm³/mol. The first-order valence-electron chi connectivity index (χ1n) is 7.70. The Balaban J connectivity index is 0.000000500. The average Bonchev–Trinajstić information content (AvgIpc) is 2.86. The van der Waals surface area contributed by atoms with Gasteiger partial charge in [0.1, 0.15) is 22.5 Å². The number of aromatic nitrogens is 3. The molecule has 0 radical (unpaired) electrons. The Morgan fingerprint density at radius 3 is 2.29 bits per heavy atom. The Morgan fingerprint density at radius 2 is 1.71 bits per heavy atom. The maximum atomic E-state index is 13.1. The molecule has 0 aliphatic heterocycles. The van der Waals surface area contributed by atoms with Gasteiger partial charge >= 0.3 is 10.4 Å². The predicted octanol–water partition coefficient (Wildman–Crippen LogP) is 3.42. The molecule has 10 heteroatoms. The van der Waals surface area contributed by atoms with E-state index in [-0.39, 0.29) is 5.82 Å². The molecule has 0 aliphatic carbocycles. The van der Waals surface area contributed by atoms with E-state index in [9.17, 15) is 4.39 Å². The monoisotopic (exact) mass is 423 g/mol. The summed E-state index contributed by atoms with van der Waals surface area (Å²) >= 11 is 5.85. The van der Waals surface area contributed by atoms with Crippen LogP contribution in [0.3, 0.4) is 0 Å². The number of aryl methyl sites for hydroxylation is 1. The number of hydrogen-bond donors (Lipinski definition) is 2. The lowest BCUT2D eigenvalue weighted by Crippen LogP contribution is -1.99. The summed E-state index contributed by atoms with van der Waals surface area (Å²) in [5.74, 6) is 6.62. The van der Waals surface area contributed by atoms with Gasteiger partial charge in [-0.05, 0) is 56.2 Å². The minimum absolute atomic E-state index is 0.265. The summed E-state index contributed by atoms with van der Waals surface area (Å²) in [6.07, 6.45) is 1.61. The van der Waals surface area contributed by atoms with Crippen molar-refractivity contribution in [2.75, 3.05) is 0 Å². The number of halogens is 2. The fourth-order valence-electron chi connectivity index (χ4n) is 2.34. The lowest BCUT2D eigenvalue weighted by atomic mass is 10.2. The van der Waals surface area contributed by atoms with Crippen LogP contribution in [0.5, 0.6) is 0 Å². The Hall–Kier alpha value is -2.77. The second-order valence-corrected chi connectivity index (χ2v) is 6.75. The van der Waals surface area contributed by atoms with Crippen LogP contribution in [0.1, 0.15) is 22.8 Å². The highest BCUT2D eigenvalue weighted by Gasteiger charge is 2.10. The lowest BCUT2D eigenvalue weighted by molar-refractivity contribution is 0.381. The molecular weight excluding hydrogens is 409 g/mol. The van der Waals surface area contributed by atoms with E-state index in [1.807, 2.05) is 18.4 Å². The van der Waals surface area contributed by atoms with Gasteiger partial charge in [-0.25, -0.2) is 14.4 Å². The first-order valence-corrected chi connectivity index (χ1v) is 9.47. The Bertz CT molecular complexity index is 1140. The van der Waals surface area contributed by atoms with Crippen LogP contribution in [0, 0.1) is 31.5 Å². The number of nitrogens with zero attached hydrogens (tertiary/aromatic N) is 3. The summed E-state index contributed by atoms with van der Waals surface area (Å²) in [6.45, 7) is 3.83. The van der Waals surface area contributed by atoms with Crippen molar-refractivity contribution in [1.29, 1.82) is 0 Å². The highest BCUT2D eigenvalue weighted by molar-refractivity contribution is 7.79. The van der Waals surface area contributed by atoms with Crippen LogP contribution in [0.2, 0.25) is 5.15 Å². The van der Waals surface area contributed by atoms with Crippen LogP contribution in [-0.2, 0) is 10.4 Å². The van der Waals surface area contributed by atoms with E-state index < -0.39 is 10.4 Å². The van der Waals surface area contributed by atoms with Gasteiger partial charge in [0, 0.05) is 17.4 Å². The highest BCUT2D eigenvalue weighted by Crippen LogP contribution is 2.18. The molecule has 3 rings (SSSR count). The molecule has 1 aromatic carbocycles. The molecule has 0 fully saturated rings. The van der Waals surface area contributed by atoms with Gasteiger partial charge in [-0.15, -0.1) is 0 Å². The Labute approximate surface area is 166 Å². The average molecular weight is 424 g/mol. The molecule has 0 aliphatic rings. The van der Waals surface area contributed by atoms with Crippen molar-refractivity contribution < 1.29 is 21.9 Å². The lowest BCUT2D eigenvalue weighted by Gasteiger charge is -2.07. The zero-order valence-corrected chi connectivity index (χ0v) is 16.3. The van der Waals surface area contributed by atoms with Gasteiger partial charge in [0.05, 0.1) is 5.69 Å². The van der Waals surface area contributed by atoms with E-state index in [2.05, 4.69) is 21.8 Å². The molecule has 2 heterocycles. The second kappa shape index (κ2) is 8.95. The van der Waals surface area contributed by atoms with E-state index in [1.54, 1.807) is 30.5 Å². The van der Waals surface area contributed by atoms with Gasteiger partial charge in [0.15, 0.2) is 0 Å². The number of rotatable bonds is 1. The van der Waals surface area contributed by atoms with Gasteiger partial charge in [-0.3, -0.25) is 13.7 Å². The van der Waals surface area contributed by atoms with Crippen molar-refractivity contribution in [3.8, 4) is 17.5 Å². The molecule has 0 saturated carbocycles. The van der Waals surface area contributed by atoms with E-state index >= 15 is 0 Å². The summed E-state index contributed by atoms with van der Waals surface area (Å²) in [7, 11) is -4.67. The molecule has 0 unspecified atom stereocenters. The molecule has 28 heavy (non-hydrogen) atoms. The zero-order valence-electron chi connectivity index (χ0n) is 14.8. The van der Waals surface area contributed by atoms with Crippen LogP contribution < -0.4 is 0 Å². The molecule has 0 atom stereocenters. The summed E-state index contributed by atoms with van der Waals surface area (Å²) in [6, 6.07) is 9.79. The first kappa shape index (κ1) is 21.5. The van der Waals surface area contributed by atoms with E-state index in [1.165, 1.54) is 12.1 Å². The largest absolute Gasteiger partial charge is 0.394 e. The van der Waals surface area contributed by atoms with E-state index in [4.69, 9.17) is 29.1 Å². The summed E-state index contributed by atoms with van der Waals surface area (Å²) in [5.41, 5.74) is 3.22. The number of benzene rings is 1. The third-order valence-corrected chi connectivity index (χ3v) is 3.62. The van der Waals surface area contributed by atoms with Crippen LogP contribution in [0.25, 0.3) is 5.69 Å². The number of pyridine rings is 1. The molecule has 0 amide bonds. The first-order chi connectivity index (χ1) is 13.0. The van der Waals surface area contributed by atoms with Crippen LogP contribution >= 0.6 is 11.6 Å². The van der Waals surface area contributed by atoms with Gasteiger partial charge in [-0.2, -0.15) is 8.42 Å². The standard InChI is InChI=1S/C18H13ClFN3.H2O4S/c1-12-17(8-3-14-9-10-21-18(19)11-14)22-13(2)23(12)16-6-4-15(20)5-7-16;1-5(2,3)4/h4-7,9-11H,1-2H3;(H2,1,2,3,4). The van der Waals surface area contributed by atoms with Crippen LogP contribution in [-0.4, -0.2) is 32.1 Å². The van der Waals surface area contributed by atoms with Crippen molar-refractivity contribution >= 4 is 22.0 Å². The van der Waals surface area contributed by atoms with Gasteiger partial charge < -0.3 is 0 Å². The summed E-state index contributed by atoms with van der Waals surface area (Å²) in [4.78, 5) is 8.42. The minimum Gasteiger partial charge on any atom is -0.300 e. The van der Waals surface area contributed by atoms with Crippen molar-refractivity contribution in [1.82, 2.24) is 14.5 Å². The summed E-state index contributed by atoms with van der Waals surface area (Å²) in [5, 5.41) is 0.404. The molecular formula is C18H15ClFN3O4S. The topological polar surface area (TPSA) is 105 Å². The number of hydrogen-bond acceptors (Lipinski definition) is 4. The molecule has 2 aromatic heterocycles. The Kier molecular flexibility index (Phi) is 6.88. The number of imidazole rings is 1. The molecule has 0 spiro atoms. The molecule has 0 bridgehead atoms. The maximum absolute atomic E-state index is 13.1. The zero-order chi connectivity index (χ0) is 20.9. The SMILES string of the molecule is Cc1nc(C#Cc2ccnc(Cl)c2)c(C)n1-c1ccc(F)cc1.O=S(=O)(O)O. The van der Waals surface area contributed by atoms with E-state index in [0.29, 0.717) is 10.8 Å². The van der Waals surface area contributed by atoms with Gasteiger partial charge in [-0.1, -0.05) is 17.5 Å².